The molecular weight excluding hydrogens is 230 g/mol. The van der Waals surface area contributed by atoms with Gasteiger partial charge in [0, 0.05) is 12.5 Å². The van der Waals surface area contributed by atoms with Gasteiger partial charge in [0.2, 0.25) is 0 Å². The molecule has 0 aliphatic rings. The highest BCUT2D eigenvalue weighted by Crippen LogP contribution is 2.07. The number of furan rings is 1. The van der Waals surface area contributed by atoms with Gasteiger partial charge in [-0.2, -0.15) is 0 Å². The summed E-state index contributed by atoms with van der Waals surface area (Å²) in [6.07, 6.45) is 4.23. The van der Waals surface area contributed by atoms with E-state index >= 15 is 0 Å². The Morgan fingerprint density at radius 1 is 1.50 bits per heavy atom. The minimum atomic E-state index is -0.212. The van der Waals surface area contributed by atoms with E-state index in [4.69, 9.17) is 9.15 Å². The van der Waals surface area contributed by atoms with Gasteiger partial charge in [-0.1, -0.05) is 6.92 Å². The Morgan fingerprint density at radius 3 is 2.83 bits per heavy atom. The van der Waals surface area contributed by atoms with Crippen molar-refractivity contribution in [2.24, 2.45) is 0 Å². The molecule has 0 radical (unpaired) electrons. The van der Waals surface area contributed by atoms with Crippen LogP contribution in [0.1, 0.15) is 39.4 Å². The average molecular weight is 253 g/mol. The Bertz CT molecular complexity index is 335. The van der Waals surface area contributed by atoms with E-state index in [1.54, 1.807) is 6.26 Å². The fourth-order valence-electron chi connectivity index (χ4n) is 1.84. The average Bonchev–Trinajstić information content (AvgIpc) is 2.86. The molecule has 1 rings (SSSR count). The molecule has 102 valence electrons. The Labute approximate surface area is 109 Å². The first-order valence-electron chi connectivity index (χ1n) is 6.62. The number of aryl methyl sites for hydroxylation is 1. The van der Waals surface area contributed by atoms with Crippen molar-refractivity contribution in [1.29, 1.82) is 0 Å². The highest BCUT2D eigenvalue weighted by atomic mass is 16.5. The molecule has 18 heavy (non-hydrogen) atoms. The van der Waals surface area contributed by atoms with Crippen molar-refractivity contribution in [2.45, 2.75) is 52.1 Å². The molecule has 1 N–H and O–H groups in total. The summed E-state index contributed by atoms with van der Waals surface area (Å²) in [4.78, 5) is 11.6. The Kier molecular flexibility index (Phi) is 6.50. The zero-order valence-corrected chi connectivity index (χ0v) is 11.4. The predicted octanol–water partition coefficient (Wildman–Crippen LogP) is 2.53. The van der Waals surface area contributed by atoms with Crippen molar-refractivity contribution >= 4 is 5.97 Å². The molecule has 0 aliphatic heterocycles. The van der Waals surface area contributed by atoms with Crippen LogP contribution in [0.25, 0.3) is 0 Å². The van der Waals surface area contributed by atoms with Crippen molar-refractivity contribution in [3.05, 3.63) is 24.2 Å². The van der Waals surface area contributed by atoms with Crippen LogP contribution in [0.3, 0.4) is 0 Å². The maximum absolute atomic E-state index is 11.6. The van der Waals surface area contributed by atoms with E-state index in [1.807, 2.05) is 26.0 Å². The molecule has 0 aromatic carbocycles. The van der Waals surface area contributed by atoms with Crippen molar-refractivity contribution in [3.8, 4) is 0 Å². The number of esters is 1. The molecule has 1 aromatic heterocycles. The van der Waals surface area contributed by atoms with Crippen molar-refractivity contribution in [1.82, 2.24) is 5.32 Å². The zero-order chi connectivity index (χ0) is 13.4. The smallest absolute Gasteiger partial charge is 0.323 e. The van der Waals surface area contributed by atoms with Gasteiger partial charge in [-0.3, -0.25) is 4.79 Å². The molecule has 1 aromatic rings. The summed E-state index contributed by atoms with van der Waals surface area (Å²) in [7, 11) is 0. The number of carbonyl (C=O) groups is 1. The van der Waals surface area contributed by atoms with Gasteiger partial charge in [-0.05, 0) is 38.8 Å². The van der Waals surface area contributed by atoms with Crippen LogP contribution in [0.5, 0.6) is 0 Å². The predicted molar refractivity (Wildman–Crippen MR) is 70.3 cm³/mol. The van der Waals surface area contributed by atoms with Crippen molar-refractivity contribution in [3.63, 3.8) is 0 Å². The van der Waals surface area contributed by atoms with Crippen LogP contribution in [0.15, 0.2) is 22.8 Å². The second-order valence-electron chi connectivity index (χ2n) is 4.40. The highest BCUT2D eigenvalue weighted by Gasteiger charge is 2.19. The summed E-state index contributed by atoms with van der Waals surface area (Å²) in [5.41, 5.74) is 0. The van der Waals surface area contributed by atoms with Crippen molar-refractivity contribution in [2.75, 3.05) is 6.61 Å². The number of hydrogen-bond acceptors (Lipinski definition) is 4. The van der Waals surface area contributed by atoms with E-state index in [9.17, 15) is 4.79 Å². The van der Waals surface area contributed by atoms with Gasteiger partial charge in [0.15, 0.2) is 0 Å². The number of rotatable bonds is 8. The Hall–Kier alpha value is -1.29. The van der Waals surface area contributed by atoms with Crippen LogP contribution in [-0.4, -0.2) is 24.7 Å². The van der Waals surface area contributed by atoms with E-state index in [-0.39, 0.29) is 18.1 Å². The molecule has 0 saturated heterocycles. The third-order valence-electron chi connectivity index (χ3n) is 2.87. The van der Waals surface area contributed by atoms with Crippen LogP contribution < -0.4 is 5.32 Å². The van der Waals surface area contributed by atoms with E-state index in [2.05, 4.69) is 12.2 Å². The summed E-state index contributed by atoms with van der Waals surface area (Å²) < 4.78 is 10.3. The van der Waals surface area contributed by atoms with Crippen LogP contribution in [-0.2, 0) is 16.0 Å². The summed E-state index contributed by atoms with van der Waals surface area (Å²) in [5, 5.41) is 3.30. The van der Waals surface area contributed by atoms with E-state index in [1.165, 1.54) is 0 Å². The molecule has 4 heteroatoms. The number of carbonyl (C=O) groups excluding carboxylic acids is 1. The molecule has 0 amide bonds. The first kappa shape index (κ1) is 14.8. The maximum Gasteiger partial charge on any atom is 0.323 e. The first-order chi connectivity index (χ1) is 8.67. The molecule has 0 bridgehead atoms. The number of hydrogen-bond donors (Lipinski definition) is 1. The topological polar surface area (TPSA) is 51.5 Å². The minimum absolute atomic E-state index is 0.162. The molecule has 1 heterocycles. The quantitative estimate of drug-likeness (QED) is 0.723. The van der Waals surface area contributed by atoms with E-state index < -0.39 is 0 Å². The standard InChI is InChI=1S/C14H23NO3/c1-4-13(14(16)17-5-2)15-11(3)8-9-12-7-6-10-18-12/h6-7,10-11,13,15H,4-5,8-9H2,1-3H3. The van der Waals surface area contributed by atoms with Crippen LogP contribution in [0, 0.1) is 0 Å². The van der Waals surface area contributed by atoms with Gasteiger partial charge >= 0.3 is 5.97 Å². The zero-order valence-electron chi connectivity index (χ0n) is 11.4. The SMILES string of the molecule is CCOC(=O)C(CC)NC(C)CCc1ccco1. The van der Waals surface area contributed by atoms with E-state index in [0.717, 1.165) is 25.0 Å². The monoisotopic (exact) mass is 253 g/mol. The third kappa shape index (κ3) is 4.92. The van der Waals surface area contributed by atoms with Gasteiger partial charge in [0.05, 0.1) is 12.9 Å². The first-order valence-corrected chi connectivity index (χ1v) is 6.62. The summed E-state index contributed by atoms with van der Waals surface area (Å²) in [5.74, 6) is 0.817. The summed E-state index contributed by atoms with van der Waals surface area (Å²) in [6.45, 7) is 6.31. The lowest BCUT2D eigenvalue weighted by Gasteiger charge is -2.20. The fourth-order valence-corrected chi connectivity index (χ4v) is 1.84. The van der Waals surface area contributed by atoms with Gasteiger partial charge in [0.1, 0.15) is 11.8 Å². The molecule has 0 fully saturated rings. The lowest BCUT2D eigenvalue weighted by molar-refractivity contribution is -0.146. The largest absolute Gasteiger partial charge is 0.469 e. The molecule has 4 nitrogen and oxygen atoms in total. The lowest BCUT2D eigenvalue weighted by Crippen LogP contribution is -2.42. The molecule has 0 spiro atoms. The normalized spacial score (nSPS) is 14.2. The van der Waals surface area contributed by atoms with Crippen LogP contribution in [0.2, 0.25) is 0 Å². The molecule has 0 aliphatic carbocycles. The van der Waals surface area contributed by atoms with E-state index in [0.29, 0.717) is 6.61 Å². The van der Waals surface area contributed by atoms with Gasteiger partial charge in [-0.25, -0.2) is 0 Å². The minimum Gasteiger partial charge on any atom is -0.469 e. The highest BCUT2D eigenvalue weighted by molar-refractivity contribution is 5.75. The molecular formula is C14H23NO3. The summed E-state index contributed by atoms with van der Waals surface area (Å²) >= 11 is 0. The Balaban J connectivity index is 2.32. The lowest BCUT2D eigenvalue weighted by atomic mass is 10.1. The van der Waals surface area contributed by atoms with Gasteiger partial charge in [0.25, 0.3) is 0 Å². The second kappa shape index (κ2) is 7.93. The maximum atomic E-state index is 11.6. The molecule has 2 atom stereocenters. The molecule has 2 unspecified atom stereocenters. The summed E-state index contributed by atoms with van der Waals surface area (Å²) in [6, 6.07) is 3.90. The third-order valence-corrected chi connectivity index (χ3v) is 2.87. The number of nitrogens with one attached hydrogen (secondary N) is 1. The van der Waals surface area contributed by atoms with Gasteiger partial charge in [-0.15, -0.1) is 0 Å². The number of ether oxygens (including phenoxy) is 1. The van der Waals surface area contributed by atoms with Gasteiger partial charge < -0.3 is 14.5 Å². The Morgan fingerprint density at radius 2 is 2.28 bits per heavy atom. The second-order valence-corrected chi connectivity index (χ2v) is 4.40. The molecule has 0 saturated carbocycles. The van der Waals surface area contributed by atoms with Crippen molar-refractivity contribution < 1.29 is 13.9 Å². The van der Waals surface area contributed by atoms with Crippen LogP contribution >= 0.6 is 0 Å². The fraction of sp³-hybridized carbons (Fsp3) is 0.643. The van der Waals surface area contributed by atoms with Crippen LogP contribution in [0.4, 0.5) is 0 Å².